The zero-order chi connectivity index (χ0) is 11.9. The maximum absolute atomic E-state index is 11.5. The first-order valence-corrected chi connectivity index (χ1v) is 5.33. The van der Waals surface area contributed by atoms with E-state index in [9.17, 15) is 4.79 Å². The molecule has 2 aromatic rings. The highest BCUT2D eigenvalue weighted by Crippen LogP contribution is 2.35. The summed E-state index contributed by atoms with van der Waals surface area (Å²) in [6.07, 6.45) is 0. The first kappa shape index (κ1) is 11.0. The smallest absolute Gasteiger partial charge is 0.163 e. The second-order valence-corrected chi connectivity index (χ2v) is 4.09. The molecule has 1 aromatic heterocycles. The third kappa shape index (κ3) is 1.57. The van der Waals surface area contributed by atoms with Crippen molar-refractivity contribution in [2.45, 2.75) is 13.8 Å². The van der Waals surface area contributed by atoms with Gasteiger partial charge in [-0.05, 0) is 26.0 Å². The molecule has 84 valence electrons. The molecule has 0 fully saturated rings. The SMILES string of the molecule is CNc1c(Cl)cc(C(C)=O)c2oc(C)cc12. The van der Waals surface area contributed by atoms with Crippen LogP contribution in [0.2, 0.25) is 5.02 Å². The van der Waals surface area contributed by atoms with Gasteiger partial charge in [-0.25, -0.2) is 0 Å². The molecule has 0 bridgehead atoms. The van der Waals surface area contributed by atoms with Crippen molar-refractivity contribution < 1.29 is 9.21 Å². The maximum atomic E-state index is 11.5. The van der Waals surface area contributed by atoms with Crippen LogP contribution in [0.25, 0.3) is 11.0 Å². The molecule has 1 N–H and O–H groups in total. The third-order valence-electron chi connectivity index (χ3n) is 2.51. The number of rotatable bonds is 2. The van der Waals surface area contributed by atoms with E-state index in [2.05, 4.69) is 5.32 Å². The Hall–Kier alpha value is -1.48. The van der Waals surface area contributed by atoms with Gasteiger partial charge in [-0.2, -0.15) is 0 Å². The molecular formula is C12H12ClNO2. The van der Waals surface area contributed by atoms with Crippen LogP contribution >= 0.6 is 11.6 Å². The van der Waals surface area contributed by atoms with Crippen LogP contribution in [-0.2, 0) is 0 Å². The Balaban J connectivity index is 2.90. The topological polar surface area (TPSA) is 42.2 Å². The van der Waals surface area contributed by atoms with Gasteiger partial charge in [0.2, 0.25) is 0 Å². The summed E-state index contributed by atoms with van der Waals surface area (Å²) in [6, 6.07) is 3.51. The van der Waals surface area contributed by atoms with E-state index in [1.165, 1.54) is 6.92 Å². The number of ketones is 1. The highest BCUT2D eigenvalue weighted by molar-refractivity contribution is 6.35. The number of fused-ring (bicyclic) bond motifs is 1. The van der Waals surface area contributed by atoms with Crippen LogP contribution in [0.15, 0.2) is 16.5 Å². The molecule has 0 aliphatic heterocycles. The molecule has 4 heteroatoms. The summed E-state index contributed by atoms with van der Waals surface area (Å²) < 4.78 is 5.54. The number of anilines is 1. The average Bonchev–Trinajstić information content (AvgIpc) is 2.57. The Morgan fingerprint density at radius 3 is 2.69 bits per heavy atom. The number of Topliss-reactive ketones (excluding diaryl/α,β-unsaturated/α-hetero) is 1. The van der Waals surface area contributed by atoms with E-state index in [4.69, 9.17) is 16.0 Å². The molecule has 0 unspecified atom stereocenters. The monoisotopic (exact) mass is 237 g/mol. The quantitative estimate of drug-likeness (QED) is 0.811. The van der Waals surface area contributed by atoms with Crippen LogP contribution in [-0.4, -0.2) is 12.8 Å². The molecule has 2 rings (SSSR count). The largest absolute Gasteiger partial charge is 0.461 e. The highest BCUT2D eigenvalue weighted by atomic mass is 35.5. The summed E-state index contributed by atoms with van der Waals surface area (Å²) in [6.45, 7) is 3.35. The minimum atomic E-state index is -0.0519. The molecule has 0 aliphatic carbocycles. The fourth-order valence-electron chi connectivity index (χ4n) is 1.81. The van der Waals surface area contributed by atoms with E-state index in [0.717, 1.165) is 16.8 Å². The van der Waals surface area contributed by atoms with E-state index >= 15 is 0 Å². The van der Waals surface area contributed by atoms with E-state index in [1.54, 1.807) is 13.1 Å². The van der Waals surface area contributed by atoms with E-state index in [0.29, 0.717) is 16.2 Å². The first-order chi connectivity index (χ1) is 7.54. The van der Waals surface area contributed by atoms with Crippen LogP contribution in [0, 0.1) is 6.92 Å². The van der Waals surface area contributed by atoms with Crippen LogP contribution in [0.3, 0.4) is 0 Å². The number of carbonyl (C=O) groups excluding carboxylic acids is 1. The maximum Gasteiger partial charge on any atom is 0.163 e. The van der Waals surface area contributed by atoms with E-state index < -0.39 is 0 Å². The van der Waals surface area contributed by atoms with Gasteiger partial charge in [-0.3, -0.25) is 4.79 Å². The Morgan fingerprint density at radius 2 is 2.12 bits per heavy atom. The van der Waals surface area contributed by atoms with E-state index in [1.807, 2.05) is 13.0 Å². The molecule has 0 radical (unpaired) electrons. The van der Waals surface area contributed by atoms with Gasteiger partial charge in [0, 0.05) is 12.4 Å². The fraction of sp³-hybridized carbons (Fsp3) is 0.250. The lowest BCUT2D eigenvalue weighted by molar-refractivity contribution is 0.101. The van der Waals surface area contributed by atoms with Gasteiger partial charge < -0.3 is 9.73 Å². The number of hydrogen-bond donors (Lipinski definition) is 1. The zero-order valence-electron chi connectivity index (χ0n) is 9.35. The third-order valence-corrected chi connectivity index (χ3v) is 2.81. The van der Waals surface area contributed by atoms with Gasteiger partial charge in [0.1, 0.15) is 11.3 Å². The second kappa shape index (κ2) is 3.83. The molecule has 0 saturated heterocycles. The van der Waals surface area contributed by atoms with E-state index in [-0.39, 0.29) is 5.78 Å². The van der Waals surface area contributed by atoms with Gasteiger partial charge in [0.25, 0.3) is 0 Å². The van der Waals surface area contributed by atoms with Gasteiger partial charge in [-0.15, -0.1) is 0 Å². The molecule has 0 amide bonds. The lowest BCUT2D eigenvalue weighted by Crippen LogP contribution is -1.96. The molecule has 0 aliphatic rings. The molecule has 0 spiro atoms. The van der Waals surface area contributed by atoms with Gasteiger partial charge in [0.05, 0.1) is 16.3 Å². The Kier molecular flexibility index (Phi) is 2.64. The van der Waals surface area contributed by atoms with Crippen molar-refractivity contribution in [1.82, 2.24) is 0 Å². The fourth-order valence-corrected chi connectivity index (χ4v) is 2.11. The second-order valence-electron chi connectivity index (χ2n) is 3.69. The van der Waals surface area contributed by atoms with Crippen molar-refractivity contribution in [3.63, 3.8) is 0 Å². The molecule has 0 saturated carbocycles. The van der Waals surface area contributed by atoms with Crippen molar-refractivity contribution in [3.05, 3.63) is 28.5 Å². The Labute approximate surface area is 98.4 Å². The molecule has 1 aromatic carbocycles. The van der Waals surface area contributed by atoms with Crippen molar-refractivity contribution >= 4 is 34.0 Å². The number of nitrogens with one attached hydrogen (secondary N) is 1. The average molecular weight is 238 g/mol. The Morgan fingerprint density at radius 1 is 1.44 bits per heavy atom. The summed E-state index contributed by atoms with van der Waals surface area (Å²) in [5, 5.41) is 4.39. The number of carbonyl (C=O) groups is 1. The van der Waals surface area contributed by atoms with Crippen molar-refractivity contribution in [1.29, 1.82) is 0 Å². The number of hydrogen-bond acceptors (Lipinski definition) is 3. The van der Waals surface area contributed by atoms with Gasteiger partial charge >= 0.3 is 0 Å². The number of halogens is 1. The minimum absolute atomic E-state index is 0.0519. The summed E-state index contributed by atoms with van der Waals surface area (Å²) >= 11 is 6.11. The zero-order valence-corrected chi connectivity index (χ0v) is 10.1. The van der Waals surface area contributed by atoms with Gasteiger partial charge in [-0.1, -0.05) is 11.6 Å². The molecule has 1 heterocycles. The normalized spacial score (nSPS) is 10.8. The minimum Gasteiger partial charge on any atom is -0.461 e. The van der Waals surface area contributed by atoms with Crippen LogP contribution < -0.4 is 5.32 Å². The molecule has 0 atom stereocenters. The van der Waals surface area contributed by atoms with Crippen molar-refractivity contribution in [2.24, 2.45) is 0 Å². The number of benzene rings is 1. The predicted molar refractivity (Wildman–Crippen MR) is 65.5 cm³/mol. The summed E-state index contributed by atoms with van der Waals surface area (Å²) in [5.41, 5.74) is 1.91. The van der Waals surface area contributed by atoms with Crippen LogP contribution in [0.4, 0.5) is 5.69 Å². The lowest BCUT2D eigenvalue weighted by atomic mass is 10.1. The highest BCUT2D eigenvalue weighted by Gasteiger charge is 2.16. The van der Waals surface area contributed by atoms with Crippen molar-refractivity contribution in [3.8, 4) is 0 Å². The summed E-state index contributed by atoms with van der Waals surface area (Å²) in [5.74, 6) is 0.708. The summed E-state index contributed by atoms with van der Waals surface area (Å²) in [4.78, 5) is 11.5. The molecular weight excluding hydrogens is 226 g/mol. The standard InChI is InChI=1S/C12H12ClNO2/c1-6-4-9-11(14-3)10(13)5-8(7(2)15)12(9)16-6/h4-5,14H,1-3H3. The Bertz CT molecular complexity index is 572. The molecule has 16 heavy (non-hydrogen) atoms. The number of aryl methyl sites for hydroxylation is 1. The van der Waals surface area contributed by atoms with Crippen molar-refractivity contribution in [2.75, 3.05) is 12.4 Å². The van der Waals surface area contributed by atoms with Gasteiger partial charge in [0.15, 0.2) is 5.78 Å². The first-order valence-electron chi connectivity index (χ1n) is 4.96. The predicted octanol–water partition coefficient (Wildman–Crippen LogP) is 3.64. The lowest BCUT2D eigenvalue weighted by Gasteiger charge is -2.06. The van der Waals surface area contributed by atoms with Crippen LogP contribution in [0.1, 0.15) is 23.0 Å². The van der Waals surface area contributed by atoms with Crippen LogP contribution in [0.5, 0.6) is 0 Å². The number of furan rings is 1. The molecule has 3 nitrogen and oxygen atoms in total. The summed E-state index contributed by atoms with van der Waals surface area (Å²) in [7, 11) is 1.79.